The summed E-state index contributed by atoms with van der Waals surface area (Å²) in [6.45, 7) is 1.12. The van der Waals surface area contributed by atoms with Gasteiger partial charge in [0, 0.05) is 12.6 Å². The fourth-order valence-corrected chi connectivity index (χ4v) is 1.14. The maximum atomic E-state index is 12.0. The van der Waals surface area contributed by atoms with Crippen molar-refractivity contribution in [2.24, 2.45) is 5.73 Å². The first-order valence-corrected chi connectivity index (χ1v) is 5.05. The van der Waals surface area contributed by atoms with Crippen LogP contribution in [0.15, 0.2) is 0 Å². The summed E-state index contributed by atoms with van der Waals surface area (Å²) in [6, 6.07) is -0.129. The SMILES string of the molecule is CC(N)CCCCOC(C(F)(F)F)C(F)(F)F. The minimum Gasteiger partial charge on any atom is -0.361 e. The van der Waals surface area contributed by atoms with Crippen LogP contribution in [0.25, 0.3) is 0 Å². The van der Waals surface area contributed by atoms with Gasteiger partial charge in [0.2, 0.25) is 6.10 Å². The van der Waals surface area contributed by atoms with Crippen molar-refractivity contribution in [3.05, 3.63) is 0 Å². The van der Waals surface area contributed by atoms with Crippen molar-refractivity contribution in [1.82, 2.24) is 0 Å². The van der Waals surface area contributed by atoms with Gasteiger partial charge in [0.05, 0.1) is 0 Å². The minimum atomic E-state index is -5.43. The molecule has 0 saturated carbocycles. The number of unbranched alkanes of at least 4 members (excludes halogenated alkanes) is 1. The van der Waals surface area contributed by atoms with Crippen molar-refractivity contribution in [1.29, 1.82) is 0 Å². The first kappa shape index (κ1) is 16.5. The van der Waals surface area contributed by atoms with E-state index in [-0.39, 0.29) is 12.5 Å². The van der Waals surface area contributed by atoms with E-state index in [1.54, 1.807) is 6.92 Å². The van der Waals surface area contributed by atoms with Gasteiger partial charge in [-0.2, -0.15) is 26.3 Å². The Bertz CT molecular complexity index is 199. The molecule has 8 heteroatoms. The molecule has 104 valence electrons. The van der Waals surface area contributed by atoms with Gasteiger partial charge in [-0.1, -0.05) is 0 Å². The van der Waals surface area contributed by atoms with Crippen molar-refractivity contribution in [3.63, 3.8) is 0 Å². The molecular formula is C9H15F6NO. The summed E-state index contributed by atoms with van der Waals surface area (Å²) in [5.41, 5.74) is 5.37. The molecule has 0 bridgehead atoms. The molecule has 0 rings (SSSR count). The highest BCUT2D eigenvalue weighted by Crippen LogP contribution is 2.35. The number of hydrogen-bond donors (Lipinski definition) is 1. The standard InChI is InChI=1S/C9H15F6NO/c1-6(16)4-2-3-5-17-7(8(10,11)12)9(13,14)15/h6-7H,2-5,16H2,1H3. The van der Waals surface area contributed by atoms with Gasteiger partial charge < -0.3 is 10.5 Å². The Morgan fingerprint density at radius 2 is 1.47 bits per heavy atom. The molecule has 0 spiro atoms. The van der Waals surface area contributed by atoms with Crippen LogP contribution in [0, 0.1) is 0 Å². The van der Waals surface area contributed by atoms with Gasteiger partial charge in [0.25, 0.3) is 0 Å². The van der Waals surface area contributed by atoms with Crippen LogP contribution in [0.2, 0.25) is 0 Å². The smallest absolute Gasteiger partial charge is 0.361 e. The number of alkyl halides is 6. The number of rotatable bonds is 6. The highest BCUT2D eigenvalue weighted by molar-refractivity contribution is 4.75. The van der Waals surface area contributed by atoms with E-state index in [4.69, 9.17) is 5.73 Å². The molecular weight excluding hydrogens is 252 g/mol. The highest BCUT2D eigenvalue weighted by atomic mass is 19.4. The van der Waals surface area contributed by atoms with E-state index < -0.39 is 25.1 Å². The summed E-state index contributed by atoms with van der Waals surface area (Å²) in [5.74, 6) is 0. The summed E-state index contributed by atoms with van der Waals surface area (Å²) in [4.78, 5) is 0. The maximum absolute atomic E-state index is 12.0. The van der Waals surface area contributed by atoms with Crippen molar-refractivity contribution >= 4 is 0 Å². The molecule has 0 aromatic heterocycles. The number of nitrogens with two attached hydrogens (primary N) is 1. The molecule has 0 aromatic rings. The zero-order valence-corrected chi connectivity index (χ0v) is 9.24. The third-order valence-electron chi connectivity index (χ3n) is 1.93. The van der Waals surface area contributed by atoms with Crippen LogP contribution < -0.4 is 5.73 Å². The molecule has 2 N–H and O–H groups in total. The molecule has 1 atom stereocenters. The zero-order valence-electron chi connectivity index (χ0n) is 9.24. The Balaban J connectivity index is 4.04. The largest absolute Gasteiger partial charge is 0.423 e. The molecule has 0 heterocycles. The van der Waals surface area contributed by atoms with E-state index in [1.165, 1.54) is 0 Å². The van der Waals surface area contributed by atoms with Gasteiger partial charge in [0.1, 0.15) is 0 Å². The normalized spacial score (nSPS) is 15.4. The third-order valence-corrected chi connectivity index (χ3v) is 1.93. The van der Waals surface area contributed by atoms with Crippen LogP contribution in [-0.2, 0) is 4.74 Å². The van der Waals surface area contributed by atoms with Crippen LogP contribution in [0.1, 0.15) is 26.2 Å². The lowest BCUT2D eigenvalue weighted by atomic mass is 10.1. The van der Waals surface area contributed by atoms with Gasteiger partial charge in [-0.3, -0.25) is 0 Å². The summed E-state index contributed by atoms with van der Waals surface area (Å²) in [6.07, 6.45) is -13.5. The topological polar surface area (TPSA) is 35.2 Å². The summed E-state index contributed by atoms with van der Waals surface area (Å²) >= 11 is 0. The lowest BCUT2D eigenvalue weighted by Crippen LogP contribution is -2.44. The number of hydrogen-bond acceptors (Lipinski definition) is 2. The predicted octanol–water partition coefficient (Wildman–Crippen LogP) is 3.01. The van der Waals surface area contributed by atoms with Gasteiger partial charge in [-0.25, -0.2) is 0 Å². The van der Waals surface area contributed by atoms with Gasteiger partial charge in [-0.05, 0) is 26.2 Å². The maximum Gasteiger partial charge on any atom is 0.423 e. The van der Waals surface area contributed by atoms with Crippen LogP contribution in [-0.4, -0.2) is 31.1 Å². The van der Waals surface area contributed by atoms with E-state index in [2.05, 4.69) is 4.74 Å². The zero-order chi connectivity index (χ0) is 13.7. The molecule has 0 aliphatic carbocycles. The summed E-state index contributed by atoms with van der Waals surface area (Å²) in [7, 11) is 0. The summed E-state index contributed by atoms with van der Waals surface area (Å²) in [5, 5.41) is 0. The second-order valence-corrected chi connectivity index (χ2v) is 3.81. The molecule has 0 aromatic carbocycles. The fraction of sp³-hybridized carbons (Fsp3) is 1.00. The van der Waals surface area contributed by atoms with E-state index >= 15 is 0 Å². The van der Waals surface area contributed by atoms with Gasteiger partial charge in [-0.15, -0.1) is 0 Å². The van der Waals surface area contributed by atoms with Crippen molar-refractivity contribution < 1.29 is 31.1 Å². The Hall–Kier alpha value is -0.500. The molecule has 0 saturated heterocycles. The predicted molar refractivity (Wildman–Crippen MR) is 49.4 cm³/mol. The van der Waals surface area contributed by atoms with Crippen molar-refractivity contribution in [3.8, 4) is 0 Å². The van der Waals surface area contributed by atoms with Crippen LogP contribution in [0.3, 0.4) is 0 Å². The van der Waals surface area contributed by atoms with Crippen LogP contribution in [0.4, 0.5) is 26.3 Å². The average Bonchev–Trinajstić information content (AvgIpc) is 2.05. The third kappa shape index (κ3) is 7.43. The van der Waals surface area contributed by atoms with E-state index in [1.807, 2.05) is 0 Å². The first-order valence-electron chi connectivity index (χ1n) is 5.05. The Labute approximate surface area is 95.1 Å². The van der Waals surface area contributed by atoms with Crippen molar-refractivity contribution in [2.45, 2.75) is 50.7 Å². The molecule has 0 aliphatic rings. The van der Waals surface area contributed by atoms with E-state index in [9.17, 15) is 26.3 Å². The lowest BCUT2D eigenvalue weighted by molar-refractivity contribution is -0.321. The van der Waals surface area contributed by atoms with Gasteiger partial charge in [0.15, 0.2) is 0 Å². The quantitative estimate of drug-likeness (QED) is 0.593. The second-order valence-electron chi connectivity index (χ2n) is 3.81. The second kappa shape index (κ2) is 6.44. The minimum absolute atomic E-state index is 0.115. The molecule has 0 fully saturated rings. The molecule has 0 aliphatic heterocycles. The fourth-order valence-electron chi connectivity index (χ4n) is 1.14. The highest BCUT2D eigenvalue weighted by Gasteiger charge is 2.57. The van der Waals surface area contributed by atoms with Crippen molar-refractivity contribution in [2.75, 3.05) is 6.61 Å². The monoisotopic (exact) mass is 267 g/mol. The Morgan fingerprint density at radius 3 is 1.82 bits per heavy atom. The Kier molecular flexibility index (Phi) is 6.25. The molecule has 0 amide bonds. The Morgan fingerprint density at radius 1 is 1.00 bits per heavy atom. The van der Waals surface area contributed by atoms with Crippen LogP contribution in [0.5, 0.6) is 0 Å². The number of halogens is 6. The number of ether oxygens (including phenoxy) is 1. The van der Waals surface area contributed by atoms with Crippen LogP contribution >= 0.6 is 0 Å². The van der Waals surface area contributed by atoms with E-state index in [0.717, 1.165) is 0 Å². The van der Waals surface area contributed by atoms with Gasteiger partial charge >= 0.3 is 12.4 Å². The molecule has 17 heavy (non-hydrogen) atoms. The lowest BCUT2D eigenvalue weighted by Gasteiger charge is -2.23. The first-order chi connectivity index (χ1) is 7.55. The molecule has 1 unspecified atom stereocenters. The summed E-state index contributed by atoms with van der Waals surface area (Å²) < 4.78 is 75.8. The van der Waals surface area contributed by atoms with E-state index in [0.29, 0.717) is 12.8 Å². The molecule has 2 nitrogen and oxygen atoms in total. The average molecular weight is 267 g/mol. The molecule has 0 radical (unpaired) electrons.